The van der Waals surface area contributed by atoms with Crippen LogP contribution in [0.3, 0.4) is 0 Å². The molecule has 0 spiro atoms. The maximum Gasteiger partial charge on any atom is 0.222 e. The summed E-state index contributed by atoms with van der Waals surface area (Å²) in [5.41, 5.74) is 10.3. The zero-order chi connectivity index (χ0) is 14.1. The number of nitrogens with two attached hydrogens (primary N) is 1. The minimum atomic E-state index is 0.241. The van der Waals surface area contributed by atoms with Gasteiger partial charge in [-0.15, -0.1) is 0 Å². The standard InChI is InChI=1S/C15H17N5/c1-3-9(2)10-4-6-11(7-5-10)12-13-14(18-8-17-13)20-15(16)19-12/h4-9H,3H2,1-2H3,(H3,16,17,18,19,20). The SMILES string of the molecule is CCC(C)c1ccc(-c2nc(N)nc3nc[nH]c23)cc1. The second kappa shape index (κ2) is 4.92. The highest BCUT2D eigenvalue weighted by Crippen LogP contribution is 2.27. The van der Waals surface area contributed by atoms with Crippen molar-refractivity contribution in [3.63, 3.8) is 0 Å². The first-order chi connectivity index (χ1) is 9.69. The minimum Gasteiger partial charge on any atom is -0.368 e. The summed E-state index contributed by atoms with van der Waals surface area (Å²) in [4.78, 5) is 15.6. The highest BCUT2D eigenvalue weighted by Gasteiger charge is 2.11. The Hall–Kier alpha value is -2.43. The van der Waals surface area contributed by atoms with E-state index < -0.39 is 0 Å². The average molecular weight is 267 g/mol. The maximum absolute atomic E-state index is 5.74. The van der Waals surface area contributed by atoms with E-state index in [1.54, 1.807) is 6.33 Å². The predicted octanol–water partition coefficient (Wildman–Crippen LogP) is 3.12. The van der Waals surface area contributed by atoms with Gasteiger partial charge in [0.05, 0.1) is 6.33 Å². The Bertz CT molecular complexity index is 730. The van der Waals surface area contributed by atoms with Crippen LogP contribution in [0.1, 0.15) is 31.7 Å². The Morgan fingerprint density at radius 1 is 1.20 bits per heavy atom. The Morgan fingerprint density at radius 3 is 2.65 bits per heavy atom. The Morgan fingerprint density at radius 2 is 1.95 bits per heavy atom. The van der Waals surface area contributed by atoms with E-state index in [9.17, 15) is 0 Å². The van der Waals surface area contributed by atoms with Crippen LogP contribution in [0.4, 0.5) is 5.95 Å². The van der Waals surface area contributed by atoms with Gasteiger partial charge in [0, 0.05) is 5.56 Å². The van der Waals surface area contributed by atoms with Gasteiger partial charge in [-0.2, -0.15) is 4.98 Å². The molecule has 0 amide bonds. The molecule has 5 heteroatoms. The summed E-state index contributed by atoms with van der Waals surface area (Å²) in [7, 11) is 0. The lowest BCUT2D eigenvalue weighted by atomic mass is 9.97. The fourth-order valence-electron chi connectivity index (χ4n) is 2.26. The van der Waals surface area contributed by atoms with Crippen LogP contribution >= 0.6 is 0 Å². The van der Waals surface area contributed by atoms with E-state index in [0.717, 1.165) is 23.2 Å². The Kier molecular flexibility index (Phi) is 3.10. The van der Waals surface area contributed by atoms with E-state index in [1.807, 2.05) is 0 Å². The van der Waals surface area contributed by atoms with Gasteiger partial charge in [0.15, 0.2) is 5.65 Å². The monoisotopic (exact) mass is 267 g/mol. The average Bonchev–Trinajstić information content (AvgIpc) is 2.94. The lowest BCUT2D eigenvalue weighted by molar-refractivity contribution is 0.734. The molecule has 1 aromatic carbocycles. The fourth-order valence-corrected chi connectivity index (χ4v) is 2.26. The van der Waals surface area contributed by atoms with Crippen LogP contribution in [0.15, 0.2) is 30.6 Å². The molecule has 102 valence electrons. The van der Waals surface area contributed by atoms with Crippen LogP contribution in [0.2, 0.25) is 0 Å². The van der Waals surface area contributed by atoms with Crippen molar-refractivity contribution in [2.75, 3.05) is 5.73 Å². The number of rotatable bonds is 3. The van der Waals surface area contributed by atoms with Crippen molar-refractivity contribution in [2.24, 2.45) is 0 Å². The van der Waals surface area contributed by atoms with Crippen LogP contribution in [-0.2, 0) is 0 Å². The minimum absolute atomic E-state index is 0.241. The largest absolute Gasteiger partial charge is 0.368 e. The van der Waals surface area contributed by atoms with Crippen LogP contribution < -0.4 is 5.73 Å². The lowest BCUT2D eigenvalue weighted by Gasteiger charge is -2.10. The summed E-state index contributed by atoms with van der Waals surface area (Å²) < 4.78 is 0. The van der Waals surface area contributed by atoms with Crippen molar-refractivity contribution in [2.45, 2.75) is 26.2 Å². The molecule has 5 nitrogen and oxygen atoms in total. The molecule has 3 aromatic rings. The van der Waals surface area contributed by atoms with Crippen molar-refractivity contribution in [1.82, 2.24) is 19.9 Å². The van der Waals surface area contributed by atoms with Gasteiger partial charge >= 0.3 is 0 Å². The van der Waals surface area contributed by atoms with Gasteiger partial charge in [0.25, 0.3) is 0 Å². The molecule has 0 aliphatic carbocycles. The number of imidazole rings is 1. The van der Waals surface area contributed by atoms with Crippen molar-refractivity contribution in [3.05, 3.63) is 36.2 Å². The second-order valence-electron chi connectivity index (χ2n) is 4.96. The second-order valence-corrected chi connectivity index (χ2v) is 4.96. The number of nitrogens with zero attached hydrogens (tertiary/aromatic N) is 3. The summed E-state index contributed by atoms with van der Waals surface area (Å²) in [5.74, 6) is 0.803. The first kappa shape index (κ1) is 12.6. The maximum atomic E-state index is 5.74. The number of nitrogen functional groups attached to an aromatic ring is 1. The first-order valence-electron chi connectivity index (χ1n) is 6.76. The highest BCUT2D eigenvalue weighted by atomic mass is 15.1. The van der Waals surface area contributed by atoms with E-state index in [1.165, 1.54) is 5.56 Å². The Balaban J connectivity index is 2.09. The summed E-state index contributed by atoms with van der Waals surface area (Å²) in [6.45, 7) is 4.42. The van der Waals surface area contributed by atoms with Crippen molar-refractivity contribution in [3.8, 4) is 11.3 Å². The van der Waals surface area contributed by atoms with Crippen molar-refractivity contribution < 1.29 is 0 Å². The zero-order valence-electron chi connectivity index (χ0n) is 11.6. The molecule has 2 aromatic heterocycles. The highest BCUT2D eigenvalue weighted by molar-refractivity contribution is 5.87. The molecule has 20 heavy (non-hydrogen) atoms. The molecular formula is C15H17N5. The number of nitrogens with one attached hydrogen (secondary N) is 1. The topological polar surface area (TPSA) is 80.5 Å². The van der Waals surface area contributed by atoms with E-state index in [-0.39, 0.29) is 5.95 Å². The molecule has 0 radical (unpaired) electrons. The number of hydrogen-bond donors (Lipinski definition) is 2. The molecule has 1 atom stereocenters. The quantitative estimate of drug-likeness (QED) is 0.764. The lowest BCUT2D eigenvalue weighted by Crippen LogP contribution is -1.98. The molecule has 1 unspecified atom stereocenters. The third-order valence-electron chi connectivity index (χ3n) is 3.67. The molecule has 0 aliphatic heterocycles. The van der Waals surface area contributed by atoms with Gasteiger partial charge in [-0.25, -0.2) is 9.97 Å². The molecule has 0 fully saturated rings. The van der Waals surface area contributed by atoms with Gasteiger partial charge in [0.1, 0.15) is 11.2 Å². The summed E-state index contributed by atoms with van der Waals surface area (Å²) in [6.07, 6.45) is 2.74. The predicted molar refractivity (Wildman–Crippen MR) is 80.2 cm³/mol. The number of aromatic nitrogens is 4. The molecule has 0 saturated heterocycles. The van der Waals surface area contributed by atoms with Crippen LogP contribution in [0.5, 0.6) is 0 Å². The molecule has 2 heterocycles. The summed E-state index contributed by atoms with van der Waals surface area (Å²) in [5, 5.41) is 0. The zero-order valence-corrected chi connectivity index (χ0v) is 11.6. The van der Waals surface area contributed by atoms with Crippen LogP contribution in [0.25, 0.3) is 22.4 Å². The van der Waals surface area contributed by atoms with E-state index in [0.29, 0.717) is 11.6 Å². The number of H-pyrrole nitrogens is 1. The van der Waals surface area contributed by atoms with Crippen molar-refractivity contribution >= 4 is 17.1 Å². The molecular weight excluding hydrogens is 250 g/mol. The van der Waals surface area contributed by atoms with Gasteiger partial charge in [0.2, 0.25) is 5.95 Å². The van der Waals surface area contributed by atoms with Gasteiger partial charge in [-0.3, -0.25) is 0 Å². The molecule has 3 rings (SSSR count). The van der Waals surface area contributed by atoms with Crippen LogP contribution in [0, 0.1) is 0 Å². The number of benzene rings is 1. The van der Waals surface area contributed by atoms with E-state index in [2.05, 4.69) is 58.0 Å². The number of fused-ring (bicyclic) bond motifs is 1. The first-order valence-corrected chi connectivity index (χ1v) is 6.76. The third kappa shape index (κ3) is 2.11. The van der Waals surface area contributed by atoms with Crippen LogP contribution in [-0.4, -0.2) is 19.9 Å². The van der Waals surface area contributed by atoms with E-state index >= 15 is 0 Å². The number of hydrogen-bond acceptors (Lipinski definition) is 4. The smallest absolute Gasteiger partial charge is 0.222 e. The van der Waals surface area contributed by atoms with Gasteiger partial charge in [-0.1, -0.05) is 38.1 Å². The van der Waals surface area contributed by atoms with Crippen molar-refractivity contribution in [1.29, 1.82) is 0 Å². The normalized spacial score (nSPS) is 12.7. The summed E-state index contributed by atoms with van der Waals surface area (Å²) in [6, 6.07) is 8.43. The number of aromatic amines is 1. The molecule has 0 saturated carbocycles. The van der Waals surface area contributed by atoms with Gasteiger partial charge < -0.3 is 10.7 Å². The number of anilines is 1. The van der Waals surface area contributed by atoms with Gasteiger partial charge in [-0.05, 0) is 17.9 Å². The van der Waals surface area contributed by atoms with E-state index in [4.69, 9.17) is 5.73 Å². The molecule has 0 bridgehead atoms. The fraction of sp³-hybridized carbons (Fsp3) is 0.267. The Labute approximate surface area is 117 Å². The molecule has 3 N–H and O–H groups in total. The molecule has 0 aliphatic rings. The summed E-state index contributed by atoms with van der Waals surface area (Å²) >= 11 is 0. The third-order valence-corrected chi connectivity index (χ3v) is 3.67.